The van der Waals surface area contributed by atoms with Crippen LogP contribution in [0.4, 0.5) is 0 Å². The number of likely N-dealkylation sites (tertiary alicyclic amines) is 1. The first kappa shape index (κ1) is 18.6. The van der Waals surface area contributed by atoms with Gasteiger partial charge in [-0.3, -0.25) is 24.1 Å². The summed E-state index contributed by atoms with van der Waals surface area (Å²) in [6.07, 6.45) is 2.64. The fraction of sp³-hybridized carbons (Fsp3) is 0.360. The van der Waals surface area contributed by atoms with Gasteiger partial charge in [-0.25, -0.2) is 0 Å². The summed E-state index contributed by atoms with van der Waals surface area (Å²) in [5.41, 5.74) is -0.742. The van der Waals surface area contributed by atoms with Crippen LogP contribution >= 0.6 is 0 Å². The summed E-state index contributed by atoms with van der Waals surface area (Å²) < 4.78 is 6.25. The molecule has 4 aliphatic rings. The molecule has 0 aromatic heterocycles. The lowest BCUT2D eigenvalue weighted by molar-refractivity contribution is -0.147. The van der Waals surface area contributed by atoms with Crippen molar-refractivity contribution in [3.63, 3.8) is 0 Å². The Balaban J connectivity index is 1.53. The minimum Gasteiger partial charge on any atom is -0.349 e. The Bertz CT molecular complexity index is 1100. The van der Waals surface area contributed by atoms with E-state index in [1.807, 2.05) is 30.3 Å². The number of carbonyl (C=O) groups excluding carboxylic acids is 4. The van der Waals surface area contributed by atoms with Crippen molar-refractivity contribution in [1.29, 1.82) is 0 Å². The number of amides is 2. The summed E-state index contributed by atoms with van der Waals surface area (Å²) in [5.74, 6) is -3.76. The van der Waals surface area contributed by atoms with Crippen molar-refractivity contribution >= 4 is 23.4 Å². The van der Waals surface area contributed by atoms with Crippen LogP contribution in [0.5, 0.6) is 0 Å². The van der Waals surface area contributed by atoms with E-state index in [-0.39, 0.29) is 23.1 Å². The maximum absolute atomic E-state index is 13.7. The van der Waals surface area contributed by atoms with Gasteiger partial charge in [-0.2, -0.15) is 0 Å². The molecule has 2 amide bonds. The van der Waals surface area contributed by atoms with E-state index in [4.69, 9.17) is 4.74 Å². The van der Waals surface area contributed by atoms with E-state index in [1.165, 1.54) is 4.90 Å². The second-order valence-electron chi connectivity index (χ2n) is 8.88. The Morgan fingerprint density at radius 3 is 1.97 bits per heavy atom. The monoisotopic (exact) mass is 415 g/mol. The lowest BCUT2D eigenvalue weighted by atomic mass is 9.77. The zero-order valence-electron chi connectivity index (χ0n) is 16.8. The number of hydrogen-bond acceptors (Lipinski definition) is 5. The number of Topliss-reactive ketones (excluding diaryl/α,β-unsaturated/α-hetero) is 2. The third-order valence-electron chi connectivity index (χ3n) is 7.37. The molecule has 2 aromatic carbocycles. The van der Waals surface area contributed by atoms with Gasteiger partial charge in [0.15, 0.2) is 0 Å². The molecule has 6 rings (SSSR count). The Morgan fingerprint density at radius 2 is 1.35 bits per heavy atom. The van der Waals surface area contributed by atoms with E-state index >= 15 is 0 Å². The van der Waals surface area contributed by atoms with Crippen LogP contribution in [0.15, 0.2) is 54.6 Å². The van der Waals surface area contributed by atoms with E-state index in [2.05, 4.69) is 0 Å². The van der Waals surface area contributed by atoms with Gasteiger partial charge >= 0.3 is 0 Å². The summed E-state index contributed by atoms with van der Waals surface area (Å²) >= 11 is 0. The maximum atomic E-state index is 13.7. The van der Waals surface area contributed by atoms with E-state index in [0.29, 0.717) is 5.56 Å². The van der Waals surface area contributed by atoms with Crippen LogP contribution in [0.3, 0.4) is 0 Å². The number of carbonyl (C=O) groups is 4. The summed E-state index contributed by atoms with van der Waals surface area (Å²) in [6, 6.07) is 15.5. The highest BCUT2D eigenvalue weighted by Gasteiger charge is 2.75. The molecule has 0 bridgehead atoms. The molecule has 156 valence electrons. The molecule has 0 N–H and O–H groups in total. The van der Waals surface area contributed by atoms with E-state index < -0.39 is 41.0 Å². The molecule has 2 aromatic rings. The number of ether oxygens (including phenoxy) is 1. The lowest BCUT2D eigenvalue weighted by Gasteiger charge is -2.29. The highest BCUT2D eigenvalue weighted by molar-refractivity contribution is 6.35. The molecule has 2 aliphatic carbocycles. The van der Waals surface area contributed by atoms with Crippen LogP contribution in [0, 0.1) is 11.8 Å². The minimum atomic E-state index is -1.96. The molecule has 1 spiro atoms. The molecule has 6 nitrogen and oxygen atoms in total. The standard InChI is InChI=1S/C25H21NO5/c27-21-16-12-6-7-13-17(16)22(28)25(21)19-18(20(31-25)14-8-2-1-3-9-14)23(29)26(24(19)30)15-10-4-5-11-15/h1-3,6-9,12-13,15,18-20H,4-5,10-11H2/t18-,19-,20+/m0/s1. The summed E-state index contributed by atoms with van der Waals surface area (Å²) in [5, 5.41) is 0. The Morgan fingerprint density at radius 1 is 0.774 bits per heavy atom. The average molecular weight is 415 g/mol. The number of imide groups is 1. The predicted octanol–water partition coefficient (Wildman–Crippen LogP) is 3.12. The van der Waals surface area contributed by atoms with Gasteiger partial charge in [-0.05, 0) is 18.4 Å². The number of fused-ring (bicyclic) bond motifs is 3. The SMILES string of the molecule is O=C1[C@@H]2[C@@H](c3ccccc3)OC3(C(=O)c4ccccc4C3=O)[C@@H]2C(=O)N1C1CCCC1. The molecule has 31 heavy (non-hydrogen) atoms. The van der Waals surface area contributed by atoms with E-state index in [1.54, 1.807) is 24.3 Å². The second-order valence-corrected chi connectivity index (χ2v) is 8.88. The Kier molecular flexibility index (Phi) is 3.87. The first-order chi connectivity index (χ1) is 15.1. The zero-order valence-corrected chi connectivity index (χ0v) is 16.8. The highest BCUT2D eigenvalue weighted by atomic mass is 16.5. The van der Waals surface area contributed by atoms with Gasteiger partial charge in [0.2, 0.25) is 29.0 Å². The maximum Gasteiger partial charge on any atom is 0.237 e. The molecule has 3 fully saturated rings. The van der Waals surface area contributed by atoms with Crippen LogP contribution in [0.1, 0.15) is 58.1 Å². The zero-order chi connectivity index (χ0) is 21.3. The quantitative estimate of drug-likeness (QED) is 0.556. The topological polar surface area (TPSA) is 80.8 Å². The van der Waals surface area contributed by atoms with Gasteiger partial charge in [0, 0.05) is 17.2 Å². The van der Waals surface area contributed by atoms with Crippen LogP contribution in [-0.2, 0) is 14.3 Å². The number of nitrogens with zero attached hydrogens (tertiary/aromatic N) is 1. The smallest absolute Gasteiger partial charge is 0.237 e. The molecule has 6 heteroatoms. The first-order valence-electron chi connectivity index (χ1n) is 10.8. The van der Waals surface area contributed by atoms with Gasteiger partial charge in [-0.1, -0.05) is 67.4 Å². The Hall–Kier alpha value is -3.12. The fourth-order valence-electron chi connectivity index (χ4n) is 6.01. The molecule has 0 unspecified atom stereocenters. The average Bonchev–Trinajstić information content (AvgIpc) is 3.54. The largest absolute Gasteiger partial charge is 0.349 e. The van der Waals surface area contributed by atoms with Crippen molar-refractivity contribution in [3.05, 3.63) is 71.3 Å². The van der Waals surface area contributed by atoms with Crippen LogP contribution in [0.25, 0.3) is 0 Å². The fourth-order valence-corrected chi connectivity index (χ4v) is 6.01. The van der Waals surface area contributed by atoms with Crippen molar-refractivity contribution < 1.29 is 23.9 Å². The summed E-state index contributed by atoms with van der Waals surface area (Å²) in [7, 11) is 0. The molecule has 3 atom stereocenters. The minimum absolute atomic E-state index is 0.159. The second kappa shape index (κ2) is 6.44. The van der Waals surface area contributed by atoms with Crippen molar-refractivity contribution in [2.75, 3.05) is 0 Å². The number of hydrogen-bond donors (Lipinski definition) is 0. The van der Waals surface area contributed by atoms with E-state index in [9.17, 15) is 19.2 Å². The molecular formula is C25H21NO5. The van der Waals surface area contributed by atoms with Crippen LogP contribution in [0.2, 0.25) is 0 Å². The van der Waals surface area contributed by atoms with Gasteiger partial charge in [0.25, 0.3) is 0 Å². The summed E-state index contributed by atoms with van der Waals surface area (Å²) in [6.45, 7) is 0. The van der Waals surface area contributed by atoms with Crippen molar-refractivity contribution in [3.8, 4) is 0 Å². The van der Waals surface area contributed by atoms with E-state index in [0.717, 1.165) is 25.7 Å². The summed E-state index contributed by atoms with van der Waals surface area (Å²) in [4.78, 5) is 55.8. The molecule has 0 radical (unpaired) electrons. The van der Waals surface area contributed by atoms with Crippen LogP contribution < -0.4 is 0 Å². The molecular weight excluding hydrogens is 394 g/mol. The number of benzene rings is 2. The van der Waals surface area contributed by atoms with Gasteiger partial charge in [0.1, 0.15) is 0 Å². The van der Waals surface area contributed by atoms with Gasteiger partial charge in [-0.15, -0.1) is 0 Å². The third-order valence-corrected chi connectivity index (χ3v) is 7.37. The molecule has 2 saturated heterocycles. The predicted molar refractivity (Wildman–Crippen MR) is 109 cm³/mol. The van der Waals surface area contributed by atoms with Gasteiger partial charge in [0.05, 0.1) is 17.9 Å². The first-order valence-corrected chi connectivity index (χ1v) is 10.8. The molecule has 1 saturated carbocycles. The van der Waals surface area contributed by atoms with Crippen molar-refractivity contribution in [2.24, 2.45) is 11.8 Å². The molecule has 2 aliphatic heterocycles. The van der Waals surface area contributed by atoms with Crippen LogP contribution in [-0.4, -0.2) is 39.9 Å². The lowest BCUT2D eigenvalue weighted by Crippen LogP contribution is -2.51. The number of rotatable bonds is 2. The van der Waals surface area contributed by atoms with Crippen molar-refractivity contribution in [1.82, 2.24) is 4.90 Å². The van der Waals surface area contributed by atoms with Gasteiger partial charge < -0.3 is 4.74 Å². The highest BCUT2D eigenvalue weighted by Crippen LogP contribution is 2.57. The Labute approximate surface area is 179 Å². The number of ketones is 2. The normalized spacial score (nSPS) is 29.3. The molecule has 2 heterocycles. The third kappa shape index (κ3) is 2.26. The van der Waals surface area contributed by atoms with Crippen molar-refractivity contribution in [2.45, 2.75) is 43.4 Å².